The van der Waals surface area contributed by atoms with Crippen molar-refractivity contribution in [1.82, 2.24) is 4.98 Å². The van der Waals surface area contributed by atoms with Crippen LogP contribution in [0.15, 0.2) is 52.7 Å². The van der Waals surface area contributed by atoms with E-state index in [1.54, 1.807) is 18.2 Å². The molecule has 2 aromatic carbocycles. The van der Waals surface area contributed by atoms with E-state index in [-0.39, 0.29) is 17.4 Å². The van der Waals surface area contributed by atoms with E-state index in [1.165, 1.54) is 29.5 Å². The van der Waals surface area contributed by atoms with Crippen molar-refractivity contribution in [2.45, 2.75) is 11.8 Å². The summed E-state index contributed by atoms with van der Waals surface area (Å²) < 4.78 is 33.3. The van der Waals surface area contributed by atoms with Crippen LogP contribution in [0.25, 0.3) is 11.3 Å². The fourth-order valence-electron chi connectivity index (χ4n) is 2.68. The highest BCUT2D eigenvalue weighted by atomic mass is 32.2. The predicted octanol–water partition coefficient (Wildman–Crippen LogP) is 3.25. The number of hydrogen-bond acceptors (Lipinski definition) is 6. The van der Waals surface area contributed by atoms with Crippen molar-refractivity contribution in [3.8, 4) is 17.0 Å². The molecule has 1 amide bonds. The number of nitrogens with zero attached hydrogens (tertiary/aromatic N) is 1. The lowest BCUT2D eigenvalue weighted by molar-refractivity contribution is -0.118. The van der Waals surface area contributed by atoms with Crippen molar-refractivity contribution in [3.63, 3.8) is 0 Å². The van der Waals surface area contributed by atoms with Gasteiger partial charge in [0.1, 0.15) is 5.75 Å². The third-order valence-electron chi connectivity index (χ3n) is 3.92. The molecule has 0 atom stereocenters. The van der Waals surface area contributed by atoms with Crippen LogP contribution in [0.4, 0.5) is 11.4 Å². The maximum Gasteiger partial charge on any atom is 0.262 e. The van der Waals surface area contributed by atoms with Crippen LogP contribution in [0.1, 0.15) is 5.01 Å². The number of hydrogen-bond donors (Lipinski definition) is 2. The van der Waals surface area contributed by atoms with Crippen LogP contribution in [-0.4, -0.2) is 25.9 Å². The number of benzene rings is 2. The Morgan fingerprint density at radius 3 is 2.85 bits per heavy atom. The zero-order valence-electron chi connectivity index (χ0n) is 14.2. The first-order valence-electron chi connectivity index (χ1n) is 8.03. The van der Waals surface area contributed by atoms with Crippen LogP contribution >= 0.6 is 11.3 Å². The maximum atomic E-state index is 12.7. The Morgan fingerprint density at radius 2 is 2.07 bits per heavy atom. The van der Waals surface area contributed by atoms with Gasteiger partial charge in [0, 0.05) is 16.6 Å². The molecule has 0 fully saturated rings. The van der Waals surface area contributed by atoms with E-state index in [1.807, 2.05) is 18.4 Å². The highest BCUT2D eigenvalue weighted by molar-refractivity contribution is 7.92. The molecule has 0 aliphatic carbocycles. The number of thiazole rings is 1. The highest BCUT2D eigenvalue weighted by Crippen LogP contribution is 2.31. The number of aromatic nitrogens is 1. The molecule has 7 nitrogen and oxygen atoms in total. The minimum absolute atomic E-state index is 0.0296. The Morgan fingerprint density at radius 1 is 1.22 bits per heavy atom. The van der Waals surface area contributed by atoms with E-state index in [0.29, 0.717) is 17.1 Å². The van der Waals surface area contributed by atoms with Gasteiger partial charge >= 0.3 is 0 Å². The zero-order chi connectivity index (χ0) is 19.0. The number of nitrogens with one attached hydrogen (secondary N) is 2. The number of carbonyl (C=O) groups is 1. The van der Waals surface area contributed by atoms with Gasteiger partial charge in [0.05, 0.1) is 21.3 Å². The molecule has 1 aliphatic rings. The molecule has 0 unspecified atom stereocenters. The summed E-state index contributed by atoms with van der Waals surface area (Å²) in [4.78, 5) is 15.9. The molecular formula is C18H15N3O4S2. The van der Waals surface area contributed by atoms with Crippen LogP contribution in [0.5, 0.6) is 5.75 Å². The first-order valence-corrected chi connectivity index (χ1v) is 10.4. The smallest absolute Gasteiger partial charge is 0.262 e. The van der Waals surface area contributed by atoms with Crippen molar-refractivity contribution in [2.24, 2.45) is 0 Å². The predicted molar refractivity (Wildman–Crippen MR) is 104 cm³/mol. The van der Waals surface area contributed by atoms with E-state index in [2.05, 4.69) is 15.0 Å². The van der Waals surface area contributed by atoms with Gasteiger partial charge in [-0.2, -0.15) is 0 Å². The second-order valence-corrected chi connectivity index (χ2v) is 8.68. The normalized spacial score (nSPS) is 13.4. The molecule has 0 bridgehead atoms. The van der Waals surface area contributed by atoms with E-state index in [4.69, 9.17) is 4.74 Å². The largest absolute Gasteiger partial charge is 0.482 e. The fraction of sp³-hybridized carbons (Fsp3) is 0.111. The number of fused-ring (bicyclic) bond motifs is 1. The highest BCUT2D eigenvalue weighted by Gasteiger charge is 2.21. The van der Waals surface area contributed by atoms with Crippen LogP contribution in [0.2, 0.25) is 0 Å². The third kappa shape index (κ3) is 3.64. The van der Waals surface area contributed by atoms with Gasteiger partial charge in [-0.05, 0) is 37.3 Å². The SMILES string of the molecule is Cc1nc(-c2cccc(NS(=O)(=O)c3ccc4c(c3)NC(=O)CO4)c2)cs1. The minimum Gasteiger partial charge on any atom is -0.482 e. The van der Waals surface area contributed by atoms with E-state index in [0.717, 1.165) is 16.3 Å². The Kier molecular flexibility index (Phi) is 4.33. The molecule has 138 valence electrons. The molecule has 0 radical (unpaired) electrons. The molecule has 1 aromatic heterocycles. The Balaban J connectivity index is 1.62. The van der Waals surface area contributed by atoms with Gasteiger partial charge in [0.15, 0.2) is 6.61 Å². The average molecular weight is 401 g/mol. The molecular weight excluding hydrogens is 386 g/mol. The maximum absolute atomic E-state index is 12.7. The number of amides is 1. The molecule has 0 saturated heterocycles. The van der Waals surface area contributed by atoms with Crippen LogP contribution in [0.3, 0.4) is 0 Å². The fourth-order valence-corrected chi connectivity index (χ4v) is 4.38. The van der Waals surface area contributed by atoms with Crippen molar-refractivity contribution in [3.05, 3.63) is 52.9 Å². The van der Waals surface area contributed by atoms with Gasteiger partial charge in [0.2, 0.25) is 0 Å². The molecule has 9 heteroatoms. The van der Waals surface area contributed by atoms with Gasteiger partial charge in [-0.15, -0.1) is 11.3 Å². The van der Waals surface area contributed by atoms with Crippen LogP contribution in [-0.2, 0) is 14.8 Å². The summed E-state index contributed by atoms with van der Waals surface area (Å²) in [5.74, 6) is 0.116. The van der Waals surface area contributed by atoms with Crippen LogP contribution < -0.4 is 14.8 Å². The van der Waals surface area contributed by atoms with E-state index in [9.17, 15) is 13.2 Å². The number of rotatable bonds is 4. The van der Waals surface area contributed by atoms with E-state index < -0.39 is 10.0 Å². The number of aryl methyl sites for hydroxylation is 1. The first-order chi connectivity index (χ1) is 12.9. The molecule has 4 rings (SSSR count). The quantitative estimate of drug-likeness (QED) is 0.699. The summed E-state index contributed by atoms with van der Waals surface area (Å²) in [6.45, 7) is 1.83. The first kappa shape index (κ1) is 17.5. The third-order valence-corrected chi connectivity index (χ3v) is 6.08. The lowest BCUT2D eigenvalue weighted by Gasteiger charge is -2.18. The second kappa shape index (κ2) is 6.67. The van der Waals surface area contributed by atoms with Gasteiger partial charge < -0.3 is 10.1 Å². The van der Waals surface area contributed by atoms with Gasteiger partial charge in [0.25, 0.3) is 15.9 Å². The van der Waals surface area contributed by atoms with Crippen LogP contribution in [0, 0.1) is 6.92 Å². The number of ether oxygens (including phenoxy) is 1. The minimum atomic E-state index is -3.83. The summed E-state index contributed by atoms with van der Waals surface area (Å²) in [6, 6.07) is 11.4. The molecule has 2 heterocycles. The molecule has 27 heavy (non-hydrogen) atoms. The van der Waals surface area contributed by atoms with Crippen molar-refractivity contribution < 1.29 is 17.9 Å². The lowest BCUT2D eigenvalue weighted by atomic mass is 10.1. The van der Waals surface area contributed by atoms with E-state index >= 15 is 0 Å². The number of carbonyl (C=O) groups excluding carboxylic acids is 1. The van der Waals surface area contributed by atoms with Gasteiger partial charge in [-0.1, -0.05) is 12.1 Å². The molecule has 3 aromatic rings. The summed E-state index contributed by atoms with van der Waals surface area (Å²) in [5.41, 5.74) is 2.38. The van der Waals surface area contributed by atoms with Gasteiger partial charge in [-0.25, -0.2) is 13.4 Å². The summed E-state index contributed by atoms with van der Waals surface area (Å²) in [5, 5.41) is 5.47. The Labute approximate surface area is 160 Å². The Hall–Kier alpha value is -2.91. The number of anilines is 2. The summed E-state index contributed by atoms with van der Waals surface area (Å²) >= 11 is 1.53. The van der Waals surface area contributed by atoms with Crippen molar-refractivity contribution in [2.75, 3.05) is 16.6 Å². The molecule has 2 N–H and O–H groups in total. The monoisotopic (exact) mass is 401 g/mol. The summed E-state index contributed by atoms with van der Waals surface area (Å²) in [6.07, 6.45) is 0. The standard InChI is InChI=1S/C18H15N3O4S2/c1-11-19-16(10-26-11)12-3-2-4-13(7-12)21-27(23,24)14-5-6-17-15(8-14)20-18(22)9-25-17/h2-8,10,21H,9H2,1H3,(H,20,22). The second-order valence-electron chi connectivity index (χ2n) is 5.93. The molecule has 0 saturated carbocycles. The lowest BCUT2D eigenvalue weighted by Crippen LogP contribution is -2.25. The van der Waals surface area contributed by atoms with Crippen molar-refractivity contribution >= 4 is 38.6 Å². The van der Waals surface area contributed by atoms with Gasteiger partial charge in [-0.3, -0.25) is 9.52 Å². The molecule has 0 spiro atoms. The zero-order valence-corrected chi connectivity index (χ0v) is 15.9. The number of sulfonamides is 1. The molecule has 1 aliphatic heterocycles. The average Bonchev–Trinajstić information content (AvgIpc) is 3.07. The van der Waals surface area contributed by atoms with Crippen molar-refractivity contribution in [1.29, 1.82) is 0 Å². The Bertz CT molecular complexity index is 1140. The summed E-state index contributed by atoms with van der Waals surface area (Å²) in [7, 11) is -3.83. The topological polar surface area (TPSA) is 97.4 Å².